The van der Waals surface area contributed by atoms with Gasteiger partial charge in [0.25, 0.3) is 0 Å². The van der Waals surface area contributed by atoms with Crippen LogP contribution in [0.2, 0.25) is 0 Å². The Bertz CT molecular complexity index is 1250. The second-order valence-corrected chi connectivity index (χ2v) is 11.0. The number of aryl methyl sites for hydroxylation is 1. The van der Waals surface area contributed by atoms with Crippen molar-refractivity contribution in [1.29, 1.82) is 0 Å². The van der Waals surface area contributed by atoms with E-state index in [2.05, 4.69) is 30.3 Å². The third-order valence-electron chi connectivity index (χ3n) is 8.72. The second-order valence-electron chi connectivity index (χ2n) is 11.0. The first-order valence-corrected chi connectivity index (χ1v) is 12.6. The highest BCUT2D eigenvalue weighted by Crippen LogP contribution is 2.60. The summed E-state index contributed by atoms with van der Waals surface area (Å²) < 4.78 is 2.00. The smallest absolute Gasteiger partial charge is 0.337 e. The van der Waals surface area contributed by atoms with Crippen LogP contribution >= 0.6 is 0 Å². The van der Waals surface area contributed by atoms with Gasteiger partial charge in [-0.15, -0.1) is 0 Å². The van der Waals surface area contributed by atoms with Crippen LogP contribution in [0.15, 0.2) is 59.6 Å². The summed E-state index contributed by atoms with van der Waals surface area (Å²) >= 11 is 0. The molecule has 174 valence electrons. The molecule has 34 heavy (non-hydrogen) atoms. The molecular weight excluding hydrogens is 420 g/mol. The molecule has 7 rings (SSSR count). The number of carboxylic acids is 1. The number of carboxylic acid groups (broad SMARTS) is 1. The van der Waals surface area contributed by atoms with E-state index in [1.165, 1.54) is 44.1 Å². The van der Waals surface area contributed by atoms with Gasteiger partial charge in [0.05, 0.1) is 16.9 Å². The van der Waals surface area contributed by atoms with Gasteiger partial charge in [-0.3, -0.25) is 4.99 Å². The van der Waals surface area contributed by atoms with E-state index in [9.17, 15) is 9.90 Å². The van der Waals surface area contributed by atoms with Crippen LogP contribution in [0.5, 0.6) is 0 Å². The van der Waals surface area contributed by atoms with Crippen molar-refractivity contribution in [2.75, 3.05) is 0 Å². The van der Waals surface area contributed by atoms with Crippen molar-refractivity contribution in [2.24, 2.45) is 22.7 Å². The number of aromatic nitrogens is 1. The third kappa shape index (κ3) is 3.51. The van der Waals surface area contributed by atoms with Crippen LogP contribution in [-0.2, 0) is 5.41 Å². The summed E-state index contributed by atoms with van der Waals surface area (Å²) in [4.78, 5) is 16.5. The van der Waals surface area contributed by atoms with Gasteiger partial charge in [0.1, 0.15) is 0 Å². The molecule has 0 amide bonds. The molecule has 4 nitrogen and oxygen atoms in total. The molecule has 4 aliphatic carbocycles. The number of aromatic carboxylic acids is 1. The van der Waals surface area contributed by atoms with E-state index in [4.69, 9.17) is 4.99 Å². The number of hydrogen-bond donors (Lipinski definition) is 1. The first-order valence-electron chi connectivity index (χ1n) is 12.6. The molecule has 0 saturated heterocycles. The molecule has 4 bridgehead atoms. The normalized spacial score (nSPS) is 27.5. The van der Waals surface area contributed by atoms with Crippen LogP contribution in [0.3, 0.4) is 0 Å². The summed E-state index contributed by atoms with van der Waals surface area (Å²) in [5.74, 6) is 1.93. The van der Waals surface area contributed by atoms with E-state index in [1.54, 1.807) is 12.1 Å². The van der Waals surface area contributed by atoms with Crippen molar-refractivity contribution in [3.05, 3.63) is 82.7 Å². The molecule has 3 aromatic rings. The first-order chi connectivity index (χ1) is 16.4. The van der Waals surface area contributed by atoms with Gasteiger partial charge in [0, 0.05) is 23.2 Å². The maximum Gasteiger partial charge on any atom is 0.337 e. The highest BCUT2D eigenvalue weighted by Gasteiger charge is 2.51. The fourth-order valence-electron chi connectivity index (χ4n) is 7.65. The standard InChI is InChI=1S/C30H32N2O2/c1-19-11-24(20(2)32(19)28-6-4-3-5-27(28)29(33)34)18-31-26-9-7-25(8-10-26)30-15-21-12-22(16-30)14-23(13-21)17-30/h3-11,18,21-23H,12-17H2,1-2H3,(H,33,34). The van der Waals surface area contributed by atoms with Gasteiger partial charge in [0.15, 0.2) is 0 Å². The maximum atomic E-state index is 11.7. The van der Waals surface area contributed by atoms with E-state index >= 15 is 0 Å². The Kier molecular flexibility index (Phi) is 5.02. The number of aliphatic imine (C=N–C) groups is 1. The summed E-state index contributed by atoms with van der Waals surface area (Å²) in [7, 11) is 0. The lowest BCUT2D eigenvalue weighted by atomic mass is 9.48. The van der Waals surface area contributed by atoms with E-state index in [0.717, 1.165) is 40.4 Å². The summed E-state index contributed by atoms with van der Waals surface area (Å²) in [6, 6.07) is 18.2. The third-order valence-corrected chi connectivity index (χ3v) is 8.72. The summed E-state index contributed by atoms with van der Waals surface area (Å²) in [6.07, 6.45) is 10.5. The predicted octanol–water partition coefficient (Wildman–Crippen LogP) is 7.01. The first kappa shape index (κ1) is 21.4. The Morgan fingerprint density at radius 2 is 1.59 bits per heavy atom. The van der Waals surface area contributed by atoms with E-state index in [1.807, 2.05) is 36.8 Å². The van der Waals surface area contributed by atoms with Gasteiger partial charge >= 0.3 is 5.97 Å². The Morgan fingerprint density at radius 1 is 0.971 bits per heavy atom. The summed E-state index contributed by atoms with van der Waals surface area (Å²) in [5.41, 5.74) is 6.86. The monoisotopic (exact) mass is 452 g/mol. The van der Waals surface area contributed by atoms with Crippen molar-refractivity contribution in [3.63, 3.8) is 0 Å². The molecule has 1 heterocycles. The fourth-order valence-corrected chi connectivity index (χ4v) is 7.65. The van der Waals surface area contributed by atoms with Crippen molar-refractivity contribution < 1.29 is 9.90 Å². The minimum Gasteiger partial charge on any atom is -0.478 e. The van der Waals surface area contributed by atoms with Crippen LogP contribution in [0.25, 0.3) is 5.69 Å². The minimum atomic E-state index is -0.919. The molecule has 0 unspecified atom stereocenters. The minimum absolute atomic E-state index is 0.299. The zero-order valence-electron chi connectivity index (χ0n) is 20.0. The van der Waals surface area contributed by atoms with Gasteiger partial charge in [-0.2, -0.15) is 0 Å². The van der Waals surface area contributed by atoms with E-state index < -0.39 is 5.97 Å². The summed E-state index contributed by atoms with van der Waals surface area (Å²) in [5, 5.41) is 9.62. The SMILES string of the molecule is Cc1cc(C=Nc2ccc(C34CC5CC(CC(C5)C3)C4)cc2)c(C)n1-c1ccccc1C(=O)O. The van der Waals surface area contributed by atoms with Crippen LogP contribution in [0.1, 0.15) is 71.4 Å². The Balaban J connectivity index is 1.25. The summed E-state index contributed by atoms with van der Waals surface area (Å²) in [6.45, 7) is 4.02. The maximum absolute atomic E-state index is 11.7. The molecule has 4 aliphatic rings. The predicted molar refractivity (Wildman–Crippen MR) is 136 cm³/mol. The van der Waals surface area contributed by atoms with Gasteiger partial charge in [-0.05, 0) is 111 Å². The van der Waals surface area contributed by atoms with Crippen LogP contribution in [0.4, 0.5) is 5.69 Å². The van der Waals surface area contributed by atoms with Crippen molar-refractivity contribution in [2.45, 2.75) is 57.8 Å². The molecule has 4 fully saturated rings. The lowest BCUT2D eigenvalue weighted by Crippen LogP contribution is -2.48. The molecule has 0 aliphatic heterocycles. The quantitative estimate of drug-likeness (QED) is 0.423. The van der Waals surface area contributed by atoms with E-state index in [-0.39, 0.29) is 0 Å². The number of carbonyl (C=O) groups is 1. The van der Waals surface area contributed by atoms with Gasteiger partial charge < -0.3 is 9.67 Å². The van der Waals surface area contributed by atoms with Crippen LogP contribution in [-0.4, -0.2) is 21.9 Å². The topological polar surface area (TPSA) is 54.6 Å². The van der Waals surface area contributed by atoms with Gasteiger partial charge in [-0.25, -0.2) is 4.79 Å². The number of benzene rings is 2. The molecule has 4 saturated carbocycles. The number of hydrogen-bond acceptors (Lipinski definition) is 2. The zero-order valence-corrected chi connectivity index (χ0v) is 20.0. The van der Waals surface area contributed by atoms with Crippen molar-refractivity contribution in [1.82, 2.24) is 4.57 Å². The molecule has 1 aromatic heterocycles. The van der Waals surface area contributed by atoms with Crippen molar-refractivity contribution in [3.8, 4) is 5.69 Å². The van der Waals surface area contributed by atoms with Gasteiger partial charge in [0.2, 0.25) is 0 Å². The Hall–Kier alpha value is -3.14. The number of rotatable bonds is 5. The highest BCUT2D eigenvalue weighted by molar-refractivity contribution is 5.92. The van der Waals surface area contributed by atoms with Gasteiger partial charge in [-0.1, -0.05) is 24.3 Å². The van der Waals surface area contributed by atoms with Crippen molar-refractivity contribution >= 4 is 17.9 Å². The fraction of sp³-hybridized carbons (Fsp3) is 0.400. The van der Waals surface area contributed by atoms with E-state index in [0.29, 0.717) is 16.7 Å². The molecular formula is C30H32N2O2. The molecule has 0 atom stereocenters. The molecule has 0 spiro atoms. The lowest BCUT2D eigenvalue weighted by Gasteiger charge is -2.57. The number of nitrogens with zero attached hydrogens (tertiary/aromatic N) is 2. The van der Waals surface area contributed by atoms with Crippen LogP contribution < -0.4 is 0 Å². The second kappa shape index (κ2) is 7.97. The molecule has 2 aromatic carbocycles. The Morgan fingerprint density at radius 3 is 2.21 bits per heavy atom. The highest BCUT2D eigenvalue weighted by atomic mass is 16.4. The Labute approximate surface area is 201 Å². The van der Waals surface area contributed by atoms with Crippen LogP contribution in [0, 0.1) is 31.6 Å². The molecule has 1 N–H and O–H groups in total. The molecule has 0 radical (unpaired) electrons. The average Bonchev–Trinajstić information content (AvgIpc) is 3.10. The largest absolute Gasteiger partial charge is 0.478 e. The molecule has 4 heteroatoms. The zero-order chi connectivity index (χ0) is 23.4. The average molecular weight is 453 g/mol. The number of para-hydroxylation sites is 1. The lowest BCUT2D eigenvalue weighted by molar-refractivity contribution is -0.00518.